The molecule has 0 spiro atoms. The molecule has 0 N–H and O–H groups in total. The maximum atomic E-state index is 11.6. The molecule has 3 heteroatoms. The first-order valence-corrected chi connectivity index (χ1v) is 6.18. The van der Waals surface area contributed by atoms with Crippen LogP contribution in [0.4, 0.5) is 0 Å². The molecule has 2 aromatic rings. The Balaban J connectivity index is 2.46. The minimum atomic E-state index is -0.281. The molecule has 16 heavy (non-hydrogen) atoms. The Bertz CT molecular complexity index is 541. The molecule has 0 bridgehead atoms. The normalized spacial score (nSPS) is 10.4. The van der Waals surface area contributed by atoms with Crippen molar-refractivity contribution in [1.29, 1.82) is 0 Å². The van der Waals surface area contributed by atoms with E-state index in [1.165, 1.54) is 4.90 Å². The third kappa shape index (κ3) is 2.19. The van der Waals surface area contributed by atoms with Crippen LogP contribution in [0.15, 0.2) is 50.5 Å². The second-order valence-electron chi connectivity index (χ2n) is 3.48. The Morgan fingerprint density at radius 3 is 2.31 bits per heavy atom. The van der Waals surface area contributed by atoms with Crippen molar-refractivity contribution in [3.8, 4) is 11.1 Å². The quantitative estimate of drug-likeness (QED) is 0.744. The van der Waals surface area contributed by atoms with Crippen LogP contribution in [-0.2, 0) is 0 Å². The fraction of sp³-hybridized carbons (Fsp3) is 0.154. The van der Waals surface area contributed by atoms with Crippen LogP contribution >= 0.6 is 11.8 Å². The molecule has 0 amide bonds. The van der Waals surface area contributed by atoms with Gasteiger partial charge in [0.2, 0.25) is 0 Å². The SMILES string of the molecule is CSc1ccc(-c2ccc(C)oc2=O)cc1. The molecule has 0 radical (unpaired) electrons. The van der Waals surface area contributed by atoms with Gasteiger partial charge in [-0.15, -0.1) is 11.8 Å². The Morgan fingerprint density at radius 1 is 1.06 bits per heavy atom. The van der Waals surface area contributed by atoms with Crippen LogP contribution in [-0.4, -0.2) is 6.26 Å². The lowest BCUT2D eigenvalue weighted by Gasteiger charge is -2.01. The zero-order chi connectivity index (χ0) is 11.5. The van der Waals surface area contributed by atoms with Gasteiger partial charge in [0.1, 0.15) is 5.76 Å². The molecule has 0 fully saturated rings. The van der Waals surface area contributed by atoms with Crippen LogP contribution in [0.25, 0.3) is 11.1 Å². The predicted molar refractivity (Wildman–Crippen MR) is 66.9 cm³/mol. The van der Waals surface area contributed by atoms with Crippen molar-refractivity contribution in [2.24, 2.45) is 0 Å². The smallest absolute Gasteiger partial charge is 0.343 e. The topological polar surface area (TPSA) is 30.2 Å². The first-order valence-electron chi connectivity index (χ1n) is 4.96. The summed E-state index contributed by atoms with van der Waals surface area (Å²) in [6, 6.07) is 11.5. The maximum Gasteiger partial charge on any atom is 0.343 e. The molecule has 2 rings (SSSR count). The van der Waals surface area contributed by atoms with E-state index >= 15 is 0 Å². The third-order valence-corrected chi connectivity index (χ3v) is 3.10. The van der Waals surface area contributed by atoms with Crippen LogP contribution in [0.2, 0.25) is 0 Å². The summed E-state index contributed by atoms with van der Waals surface area (Å²) in [4.78, 5) is 12.8. The number of aryl methyl sites for hydroxylation is 1. The van der Waals surface area contributed by atoms with E-state index in [0.717, 1.165) is 5.56 Å². The summed E-state index contributed by atoms with van der Waals surface area (Å²) in [6.07, 6.45) is 2.02. The predicted octanol–water partition coefficient (Wildman–Crippen LogP) is 3.34. The van der Waals surface area contributed by atoms with E-state index in [-0.39, 0.29) is 5.63 Å². The van der Waals surface area contributed by atoms with Crippen molar-refractivity contribution >= 4 is 11.8 Å². The largest absolute Gasteiger partial charge is 0.428 e. The molecule has 0 atom stereocenters. The van der Waals surface area contributed by atoms with Crippen LogP contribution in [0.3, 0.4) is 0 Å². The molecule has 0 aliphatic heterocycles. The van der Waals surface area contributed by atoms with Gasteiger partial charge in [-0.25, -0.2) is 4.79 Å². The molecule has 0 aliphatic rings. The van der Waals surface area contributed by atoms with Crippen molar-refractivity contribution in [2.45, 2.75) is 11.8 Å². The molecule has 1 aromatic heterocycles. The monoisotopic (exact) mass is 232 g/mol. The lowest BCUT2D eigenvalue weighted by molar-refractivity contribution is 0.482. The van der Waals surface area contributed by atoms with Crippen molar-refractivity contribution in [1.82, 2.24) is 0 Å². The highest BCUT2D eigenvalue weighted by Crippen LogP contribution is 2.20. The fourth-order valence-electron chi connectivity index (χ4n) is 1.49. The van der Waals surface area contributed by atoms with Gasteiger partial charge in [0.15, 0.2) is 0 Å². The standard InChI is InChI=1S/C13H12O2S/c1-9-3-8-12(13(14)15-9)10-4-6-11(16-2)7-5-10/h3-8H,1-2H3. The van der Waals surface area contributed by atoms with E-state index in [0.29, 0.717) is 11.3 Å². The molecule has 0 saturated carbocycles. The minimum absolute atomic E-state index is 0.281. The van der Waals surface area contributed by atoms with Crippen molar-refractivity contribution < 1.29 is 4.42 Å². The lowest BCUT2D eigenvalue weighted by atomic mass is 10.1. The molecule has 0 saturated heterocycles. The first kappa shape index (κ1) is 11.0. The highest BCUT2D eigenvalue weighted by atomic mass is 32.2. The number of benzene rings is 1. The number of hydrogen-bond donors (Lipinski definition) is 0. The van der Waals surface area contributed by atoms with Gasteiger partial charge >= 0.3 is 5.63 Å². The fourth-order valence-corrected chi connectivity index (χ4v) is 1.90. The van der Waals surface area contributed by atoms with E-state index in [9.17, 15) is 4.79 Å². The van der Waals surface area contributed by atoms with E-state index in [1.54, 1.807) is 30.8 Å². The highest BCUT2D eigenvalue weighted by Gasteiger charge is 2.04. The zero-order valence-corrected chi connectivity index (χ0v) is 10.0. The summed E-state index contributed by atoms with van der Waals surface area (Å²) in [5, 5.41) is 0. The summed E-state index contributed by atoms with van der Waals surface area (Å²) >= 11 is 1.68. The van der Waals surface area contributed by atoms with Gasteiger partial charge < -0.3 is 4.42 Å². The van der Waals surface area contributed by atoms with Crippen LogP contribution < -0.4 is 5.63 Å². The van der Waals surface area contributed by atoms with Crippen LogP contribution in [0.1, 0.15) is 5.76 Å². The zero-order valence-electron chi connectivity index (χ0n) is 9.19. The maximum absolute atomic E-state index is 11.6. The molecule has 82 valence electrons. The van der Waals surface area contributed by atoms with E-state index in [2.05, 4.69) is 0 Å². The van der Waals surface area contributed by atoms with E-state index in [1.807, 2.05) is 30.5 Å². The van der Waals surface area contributed by atoms with Crippen molar-refractivity contribution in [3.63, 3.8) is 0 Å². The third-order valence-electron chi connectivity index (χ3n) is 2.36. The van der Waals surface area contributed by atoms with Crippen LogP contribution in [0.5, 0.6) is 0 Å². The van der Waals surface area contributed by atoms with Gasteiger partial charge in [-0.3, -0.25) is 0 Å². The molecule has 2 nitrogen and oxygen atoms in total. The average Bonchev–Trinajstić information content (AvgIpc) is 2.29. The van der Waals surface area contributed by atoms with Gasteiger partial charge in [0, 0.05) is 4.90 Å². The van der Waals surface area contributed by atoms with Gasteiger partial charge in [-0.2, -0.15) is 0 Å². The Morgan fingerprint density at radius 2 is 1.75 bits per heavy atom. The summed E-state index contributed by atoms with van der Waals surface area (Å²) in [5.74, 6) is 0.634. The number of rotatable bonds is 2. The van der Waals surface area contributed by atoms with Gasteiger partial charge in [0.05, 0.1) is 5.56 Å². The van der Waals surface area contributed by atoms with Crippen molar-refractivity contribution in [2.75, 3.05) is 6.26 Å². The Labute approximate surface area is 98.3 Å². The van der Waals surface area contributed by atoms with Crippen LogP contribution in [0, 0.1) is 6.92 Å². The molecular formula is C13H12O2S. The van der Waals surface area contributed by atoms with E-state index in [4.69, 9.17) is 4.42 Å². The molecule has 0 unspecified atom stereocenters. The lowest BCUT2D eigenvalue weighted by Crippen LogP contribution is -2.02. The van der Waals surface area contributed by atoms with Crippen molar-refractivity contribution in [3.05, 3.63) is 52.6 Å². The molecular weight excluding hydrogens is 220 g/mol. The molecule has 1 heterocycles. The Hall–Kier alpha value is -1.48. The highest BCUT2D eigenvalue weighted by molar-refractivity contribution is 7.98. The Kier molecular flexibility index (Phi) is 3.15. The second-order valence-corrected chi connectivity index (χ2v) is 4.36. The first-order chi connectivity index (χ1) is 7.70. The summed E-state index contributed by atoms with van der Waals surface area (Å²) in [5.41, 5.74) is 1.22. The second kappa shape index (κ2) is 4.58. The minimum Gasteiger partial charge on any atom is -0.428 e. The summed E-state index contributed by atoms with van der Waals surface area (Å²) < 4.78 is 5.06. The number of thioether (sulfide) groups is 1. The van der Waals surface area contributed by atoms with Gasteiger partial charge in [-0.1, -0.05) is 12.1 Å². The van der Waals surface area contributed by atoms with E-state index < -0.39 is 0 Å². The van der Waals surface area contributed by atoms with Gasteiger partial charge in [-0.05, 0) is 43.0 Å². The average molecular weight is 232 g/mol. The molecule has 1 aromatic carbocycles. The summed E-state index contributed by atoms with van der Waals surface area (Å²) in [7, 11) is 0. The molecule has 0 aliphatic carbocycles. The number of hydrogen-bond acceptors (Lipinski definition) is 3. The summed E-state index contributed by atoms with van der Waals surface area (Å²) in [6.45, 7) is 1.77. The van der Waals surface area contributed by atoms with Gasteiger partial charge in [0.25, 0.3) is 0 Å².